The van der Waals surface area contributed by atoms with Crippen LogP contribution in [0.5, 0.6) is 5.75 Å². The molecule has 2 rings (SSSR count). The van der Waals surface area contributed by atoms with Gasteiger partial charge in [0.25, 0.3) is 5.91 Å². The van der Waals surface area contributed by atoms with E-state index in [4.69, 9.17) is 4.74 Å². The lowest BCUT2D eigenvalue weighted by atomic mass is 10.1. The fourth-order valence-electron chi connectivity index (χ4n) is 2.40. The normalized spacial score (nSPS) is 12.6. The molecular formula is C17H21N3O6S. The van der Waals surface area contributed by atoms with E-state index in [0.29, 0.717) is 11.3 Å². The van der Waals surface area contributed by atoms with Gasteiger partial charge in [0.05, 0.1) is 7.11 Å². The Balaban J connectivity index is 2.31. The van der Waals surface area contributed by atoms with Gasteiger partial charge < -0.3 is 19.7 Å². The Morgan fingerprint density at radius 1 is 1.22 bits per heavy atom. The van der Waals surface area contributed by atoms with Gasteiger partial charge in [-0.1, -0.05) is 12.1 Å². The third kappa shape index (κ3) is 4.29. The molecule has 10 heteroatoms. The number of carbonyl (C=O) groups excluding carboxylic acids is 1. The minimum absolute atomic E-state index is 0.0233. The van der Waals surface area contributed by atoms with Crippen molar-refractivity contribution < 1.29 is 27.9 Å². The maximum atomic E-state index is 12.6. The van der Waals surface area contributed by atoms with E-state index in [9.17, 15) is 23.1 Å². The maximum absolute atomic E-state index is 12.6. The van der Waals surface area contributed by atoms with Crippen LogP contribution in [0.1, 0.15) is 22.1 Å². The second kappa shape index (κ2) is 7.80. The lowest BCUT2D eigenvalue weighted by molar-refractivity contribution is -0.139. The first-order valence-electron chi connectivity index (χ1n) is 7.84. The maximum Gasteiger partial charge on any atom is 0.330 e. The van der Waals surface area contributed by atoms with Crippen molar-refractivity contribution in [1.29, 1.82) is 0 Å². The molecule has 1 aromatic heterocycles. The van der Waals surface area contributed by atoms with Crippen molar-refractivity contribution in [2.45, 2.75) is 10.9 Å². The molecule has 0 bridgehead atoms. The molecule has 146 valence electrons. The quantitative estimate of drug-likeness (QED) is 0.717. The highest BCUT2D eigenvalue weighted by molar-refractivity contribution is 7.89. The van der Waals surface area contributed by atoms with Crippen LogP contribution in [0.15, 0.2) is 41.4 Å². The number of sulfonamides is 1. The molecule has 27 heavy (non-hydrogen) atoms. The second-order valence-corrected chi connectivity index (χ2v) is 8.13. The number of aryl methyl sites for hydroxylation is 1. The lowest BCUT2D eigenvalue weighted by Crippen LogP contribution is -2.34. The fourth-order valence-corrected chi connectivity index (χ4v) is 3.37. The summed E-state index contributed by atoms with van der Waals surface area (Å²) < 4.78 is 31.8. The Kier molecular flexibility index (Phi) is 5.91. The largest absolute Gasteiger partial charge is 0.497 e. The molecular weight excluding hydrogens is 374 g/mol. The summed E-state index contributed by atoms with van der Waals surface area (Å²) in [5.41, 5.74) is 0.377. The smallest absolute Gasteiger partial charge is 0.330 e. The third-order valence-electron chi connectivity index (χ3n) is 3.96. The molecule has 0 fully saturated rings. The minimum Gasteiger partial charge on any atom is -0.497 e. The number of carboxylic acids is 1. The highest BCUT2D eigenvalue weighted by atomic mass is 32.2. The summed E-state index contributed by atoms with van der Waals surface area (Å²) in [5.74, 6) is -1.40. The second-order valence-electron chi connectivity index (χ2n) is 5.98. The Morgan fingerprint density at radius 2 is 1.81 bits per heavy atom. The number of nitrogens with one attached hydrogen (secondary N) is 1. The number of hydrogen-bond acceptors (Lipinski definition) is 5. The van der Waals surface area contributed by atoms with E-state index in [2.05, 4.69) is 5.32 Å². The summed E-state index contributed by atoms with van der Waals surface area (Å²) in [4.78, 5) is 24.1. The van der Waals surface area contributed by atoms with Crippen LogP contribution >= 0.6 is 0 Å². The molecule has 1 amide bonds. The Hall–Kier alpha value is -2.85. The Labute approximate surface area is 157 Å². The molecule has 9 nitrogen and oxygen atoms in total. The lowest BCUT2D eigenvalue weighted by Gasteiger charge is -2.15. The number of carbonyl (C=O) groups is 2. The van der Waals surface area contributed by atoms with Crippen molar-refractivity contribution in [2.75, 3.05) is 21.2 Å². The number of hydrogen-bond donors (Lipinski definition) is 2. The molecule has 1 unspecified atom stereocenters. The van der Waals surface area contributed by atoms with Gasteiger partial charge in [0.15, 0.2) is 6.04 Å². The van der Waals surface area contributed by atoms with Crippen LogP contribution in [0.2, 0.25) is 0 Å². The molecule has 0 spiro atoms. The van der Waals surface area contributed by atoms with Crippen molar-refractivity contribution in [1.82, 2.24) is 14.2 Å². The Bertz CT molecular complexity index is 948. The van der Waals surface area contributed by atoms with Crippen molar-refractivity contribution in [3.8, 4) is 5.75 Å². The summed E-state index contributed by atoms with van der Waals surface area (Å²) in [6.07, 6.45) is 1.30. The first-order chi connectivity index (χ1) is 12.6. The standard InChI is InChI=1S/C17H21N3O6S/c1-19(2)27(24,25)13-9-14(20(3)10-13)16(21)18-15(17(22)23)11-5-7-12(26-4)8-6-11/h5-10,15H,1-4H3,(H,18,21)(H,22,23). The van der Waals surface area contributed by atoms with Crippen LogP contribution in [0, 0.1) is 0 Å². The van der Waals surface area contributed by atoms with Gasteiger partial charge in [0.2, 0.25) is 10.0 Å². The number of ether oxygens (including phenoxy) is 1. The zero-order chi connectivity index (χ0) is 20.4. The fraction of sp³-hybridized carbons (Fsp3) is 0.294. The number of aromatic nitrogens is 1. The van der Waals surface area contributed by atoms with E-state index in [1.54, 1.807) is 12.1 Å². The first-order valence-corrected chi connectivity index (χ1v) is 9.28. The molecule has 1 atom stereocenters. The number of rotatable bonds is 7. The van der Waals surface area contributed by atoms with Crippen LogP contribution in [0.3, 0.4) is 0 Å². The Morgan fingerprint density at radius 3 is 2.30 bits per heavy atom. The number of benzene rings is 1. The highest BCUT2D eigenvalue weighted by Crippen LogP contribution is 2.20. The summed E-state index contributed by atoms with van der Waals surface area (Å²) >= 11 is 0. The van der Waals surface area contributed by atoms with Gasteiger partial charge in [0, 0.05) is 27.3 Å². The van der Waals surface area contributed by atoms with Gasteiger partial charge in [-0.25, -0.2) is 17.5 Å². The molecule has 0 radical (unpaired) electrons. The number of methoxy groups -OCH3 is 1. The molecule has 0 aliphatic heterocycles. The van der Waals surface area contributed by atoms with Crippen LogP contribution in [0.4, 0.5) is 0 Å². The predicted octanol–water partition coefficient (Wildman–Crippen LogP) is 0.840. The zero-order valence-electron chi connectivity index (χ0n) is 15.3. The minimum atomic E-state index is -3.71. The van der Waals surface area contributed by atoms with Crippen LogP contribution in [-0.4, -0.2) is 55.5 Å². The van der Waals surface area contributed by atoms with Crippen LogP contribution < -0.4 is 10.1 Å². The van der Waals surface area contributed by atoms with Gasteiger partial charge in [-0.15, -0.1) is 0 Å². The number of amides is 1. The van der Waals surface area contributed by atoms with Crippen molar-refractivity contribution >= 4 is 21.9 Å². The molecule has 1 heterocycles. The summed E-state index contributed by atoms with van der Waals surface area (Å²) in [7, 11) is 2.04. The molecule has 0 saturated heterocycles. The monoisotopic (exact) mass is 395 g/mol. The molecule has 0 aliphatic carbocycles. The SMILES string of the molecule is COc1ccc(C(NC(=O)c2cc(S(=O)(=O)N(C)C)cn2C)C(=O)O)cc1. The highest BCUT2D eigenvalue weighted by Gasteiger charge is 2.26. The number of aliphatic carboxylic acids is 1. The third-order valence-corrected chi connectivity index (χ3v) is 5.74. The van der Waals surface area contributed by atoms with Crippen molar-refractivity contribution in [2.24, 2.45) is 7.05 Å². The summed E-state index contributed by atoms with van der Waals surface area (Å²) in [6.45, 7) is 0. The first kappa shape index (κ1) is 20.5. The zero-order valence-corrected chi connectivity index (χ0v) is 16.1. The van der Waals surface area contributed by atoms with Gasteiger partial charge >= 0.3 is 5.97 Å². The average molecular weight is 395 g/mol. The number of carboxylic acid groups (broad SMARTS) is 1. The van der Waals surface area contributed by atoms with E-state index < -0.39 is 27.9 Å². The van der Waals surface area contributed by atoms with Crippen LogP contribution in [0.25, 0.3) is 0 Å². The molecule has 2 aromatic rings. The summed E-state index contributed by atoms with van der Waals surface area (Å²) in [6, 6.07) is 6.14. The van der Waals surface area contributed by atoms with Crippen molar-refractivity contribution in [3.05, 3.63) is 47.8 Å². The van der Waals surface area contributed by atoms with Gasteiger partial charge in [-0.2, -0.15) is 0 Å². The molecule has 2 N–H and O–H groups in total. The van der Waals surface area contributed by atoms with Crippen molar-refractivity contribution in [3.63, 3.8) is 0 Å². The van der Waals surface area contributed by atoms with Gasteiger partial charge in [-0.3, -0.25) is 4.79 Å². The van der Waals surface area contributed by atoms with E-state index in [1.165, 1.54) is 57.2 Å². The van der Waals surface area contributed by atoms with Gasteiger partial charge in [0.1, 0.15) is 16.3 Å². The molecule has 0 saturated carbocycles. The van der Waals surface area contributed by atoms with E-state index >= 15 is 0 Å². The topological polar surface area (TPSA) is 118 Å². The number of nitrogens with zero attached hydrogens (tertiary/aromatic N) is 2. The molecule has 0 aliphatic rings. The summed E-state index contributed by atoms with van der Waals surface area (Å²) in [5, 5.41) is 11.9. The molecule has 1 aromatic carbocycles. The van der Waals surface area contributed by atoms with Gasteiger partial charge in [-0.05, 0) is 23.8 Å². The van der Waals surface area contributed by atoms with Crippen LogP contribution in [-0.2, 0) is 21.9 Å². The van der Waals surface area contributed by atoms with E-state index in [-0.39, 0.29) is 10.6 Å². The predicted molar refractivity (Wildman–Crippen MR) is 97.1 cm³/mol. The van der Waals surface area contributed by atoms with E-state index in [1.807, 2.05) is 0 Å². The van der Waals surface area contributed by atoms with E-state index in [0.717, 1.165) is 4.31 Å². The average Bonchev–Trinajstić information content (AvgIpc) is 3.02.